The van der Waals surface area contributed by atoms with Crippen LogP contribution in [0.4, 0.5) is 17.1 Å². The molecule has 0 unspecified atom stereocenters. The van der Waals surface area contributed by atoms with Crippen LogP contribution in [0, 0.1) is 6.92 Å². The summed E-state index contributed by atoms with van der Waals surface area (Å²) in [5.41, 5.74) is -0.741. The van der Waals surface area contributed by atoms with Gasteiger partial charge in [-0.2, -0.15) is 16.8 Å². The van der Waals surface area contributed by atoms with Crippen molar-refractivity contribution in [3.8, 4) is 23.0 Å². The Bertz CT molecular complexity index is 2420. The summed E-state index contributed by atoms with van der Waals surface area (Å²) in [7, 11) is -13.2. The number of azo groups is 1. The summed E-state index contributed by atoms with van der Waals surface area (Å²) in [5.74, 6) is -0.0209. The van der Waals surface area contributed by atoms with Gasteiger partial charge >= 0.3 is 0 Å². The molecule has 0 bridgehead atoms. The number of phenolic OH excluding ortho intramolecular Hbond substituents is 1. The summed E-state index contributed by atoms with van der Waals surface area (Å²) >= 11 is 6.15. The number of aryl methyl sites for hydroxylation is 1. The van der Waals surface area contributed by atoms with Gasteiger partial charge in [0.25, 0.3) is 30.3 Å². The first-order chi connectivity index (χ1) is 22.5. The molecule has 0 aliphatic heterocycles. The van der Waals surface area contributed by atoms with Gasteiger partial charge in [-0.15, -0.1) is 10.2 Å². The van der Waals surface area contributed by atoms with Crippen LogP contribution in [-0.4, -0.2) is 46.6 Å². The number of ether oxygens (including phenoxy) is 2. The summed E-state index contributed by atoms with van der Waals surface area (Å²) in [6, 6.07) is 18.5. The second kappa shape index (κ2) is 13.0. The van der Waals surface area contributed by atoms with Crippen LogP contribution in [0.3, 0.4) is 0 Å². The van der Waals surface area contributed by atoms with E-state index < -0.39 is 67.9 Å². The number of aromatic hydroxyl groups is 1. The number of sulfonamides is 1. The molecule has 0 atom stereocenters. The fourth-order valence-corrected chi connectivity index (χ4v) is 6.86. The predicted octanol–water partition coefficient (Wildman–Crippen LogP) is 7.02. The standard InChI is InChI=1S/C30H24ClN3O11S3/c1-17-3-10-22(11-4-17)46(36,37)34-25-16-23(47(38,39)40)13-18-14-27(48(41,42)43)29(30(35)28(18)25)33-32-24-15-19(31)5-12-26(24)45-21-8-6-20(44-2)7-9-21/h3-16,34-35H,1-2H3,(H,38,39,40)(H,41,42,43)/b33-32-. The molecule has 5 aromatic carbocycles. The van der Waals surface area contributed by atoms with E-state index in [1.165, 1.54) is 49.6 Å². The monoisotopic (exact) mass is 733 g/mol. The fourth-order valence-electron chi connectivity index (χ4n) is 4.43. The summed E-state index contributed by atoms with van der Waals surface area (Å²) in [4.78, 5) is -2.13. The Hall–Kier alpha value is -4.78. The summed E-state index contributed by atoms with van der Waals surface area (Å²) < 4.78 is 109. The van der Waals surface area contributed by atoms with Crippen molar-refractivity contribution in [3.05, 3.63) is 95.5 Å². The Kier molecular flexibility index (Phi) is 9.37. The van der Waals surface area contributed by atoms with Gasteiger partial charge in [-0.25, -0.2) is 8.42 Å². The highest BCUT2D eigenvalue weighted by Crippen LogP contribution is 2.46. The summed E-state index contributed by atoms with van der Waals surface area (Å²) in [5, 5.41) is 18.6. The molecule has 5 aromatic rings. The maximum atomic E-state index is 13.3. The van der Waals surface area contributed by atoms with Crippen LogP contribution in [0.2, 0.25) is 5.02 Å². The highest BCUT2D eigenvalue weighted by molar-refractivity contribution is 7.92. The molecular weight excluding hydrogens is 710 g/mol. The minimum Gasteiger partial charge on any atom is -0.505 e. The third kappa shape index (κ3) is 7.51. The van der Waals surface area contributed by atoms with Crippen molar-refractivity contribution in [1.82, 2.24) is 0 Å². The Morgan fingerprint density at radius 2 is 1.40 bits per heavy atom. The van der Waals surface area contributed by atoms with E-state index in [0.717, 1.165) is 23.8 Å². The van der Waals surface area contributed by atoms with Crippen molar-refractivity contribution >= 4 is 69.7 Å². The van der Waals surface area contributed by atoms with Crippen molar-refractivity contribution in [2.24, 2.45) is 10.2 Å². The van der Waals surface area contributed by atoms with Crippen molar-refractivity contribution < 1.29 is 48.9 Å². The Labute approximate surface area is 279 Å². The zero-order valence-electron chi connectivity index (χ0n) is 24.7. The van der Waals surface area contributed by atoms with Crippen LogP contribution in [0.1, 0.15) is 5.56 Å². The molecule has 250 valence electrons. The molecule has 0 radical (unpaired) electrons. The SMILES string of the molecule is COc1ccc(Oc2ccc(Cl)cc2/N=N\c2c(S(=O)(=O)O)cc3cc(S(=O)(=O)O)cc(NS(=O)(=O)c4ccc(C)cc4)c3c2O)cc1. The lowest BCUT2D eigenvalue weighted by Crippen LogP contribution is -2.14. The van der Waals surface area contributed by atoms with Gasteiger partial charge in [-0.1, -0.05) is 29.3 Å². The molecule has 0 aliphatic rings. The van der Waals surface area contributed by atoms with Crippen LogP contribution in [0.25, 0.3) is 10.8 Å². The van der Waals surface area contributed by atoms with Gasteiger partial charge in [0.1, 0.15) is 27.8 Å². The zero-order valence-corrected chi connectivity index (χ0v) is 27.9. The number of fused-ring (bicyclic) bond motifs is 1. The average molecular weight is 734 g/mol. The number of hydrogen-bond acceptors (Lipinski definition) is 11. The number of rotatable bonds is 10. The Morgan fingerprint density at radius 1 is 0.750 bits per heavy atom. The van der Waals surface area contributed by atoms with E-state index >= 15 is 0 Å². The molecule has 18 heteroatoms. The van der Waals surface area contributed by atoms with Gasteiger partial charge in [-0.05, 0) is 85.1 Å². The fraction of sp³-hybridized carbons (Fsp3) is 0.0667. The van der Waals surface area contributed by atoms with E-state index in [-0.39, 0.29) is 21.4 Å². The molecule has 14 nitrogen and oxygen atoms in total. The van der Waals surface area contributed by atoms with E-state index in [1.807, 2.05) is 0 Å². The molecule has 0 aromatic heterocycles. The van der Waals surface area contributed by atoms with E-state index in [0.29, 0.717) is 11.5 Å². The van der Waals surface area contributed by atoms with Crippen LogP contribution in [-0.2, 0) is 30.3 Å². The molecule has 0 spiro atoms. The molecule has 0 saturated heterocycles. The molecule has 0 heterocycles. The maximum absolute atomic E-state index is 13.3. The van der Waals surface area contributed by atoms with E-state index in [2.05, 4.69) is 15.0 Å². The molecule has 48 heavy (non-hydrogen) atoms. The van der Waals surface area contributed by atoms with E-state index in [4.69, 9.17) is 21.1 Å². The average Bonchev–Trinajstić information content (AvgIpc) is 3.01. The molecule has 0 amide bonds. The van der Waals surface area contributed by atoms with E-state index in [1.54, 1.807) is 31.2 Å². The van der Waals surface area contributed by atoms with Crippen molar-refractivity contribution in [3.63, 3.8) is 0 Å². The van der Waals surface area contributed by atoms with Crippen LogP contribution < -0.4 is 14.2 Å². The quantitative estimate of drug-likeness (QED) is 0.0844. The van der Waals surface area contributed by atoms with Gasteiger partial charge in [0.05, 0.1) is 28.0 Å². The number of anilines is 1. The van der Waals surface area contributed by atoms with Crippen LogP contribution in [0.5, 0.6) is 23.0 Å². The van der Waals surface area contributed by atoms with Gasteiger partial charge < -0.3 is 14.6 Å². The summed E-state index contributed by atoms with van der Waals surface area (Å²) in [6.07, 6.45) is 0. The highest BCUT2D eigenvalue weighted by Gasteiger charge is 2.27. The van der Waals surface area contributed by atoms with Crippen molar-refractivity contribution in [1.29, 1.82) is 0 Å². The molecule has 5 rings (SSSR count). The number of nitrogens with zero attached hydrogens (tertiary/aromatic N) is 2. The number of methoxy groups -OCH3 is 1. The first-order valence-electron chi connectivity index (χ1n) is 13.4. The lowest BCUT2D eigenvalue weighted by Gasteiger charge is -2.16. The summed E-state index contributed by atoms with van der Waals surface area (Å²) in [6.45, 7) is 1.73. The maximum Gasteiger partial charge on any atom is 0.296 e. The first-order valence-corrected chi connectivity index (χ1v) is 18.1. The number of benzene rings is 5. The minimum absolute atomic E-state index is 0.0545. The number of halogens is 1. The molecule has 0 fully saturated rings. The number of phenols is 1. The Morgan fingerprint density at radius 3 is 2.00 bits per heavy atom. The van der Waals surface area contributed by atoms with Crippen LogP contribution in [0.15, 0.2) is 110 Å². The number of hydrogen-bond donors (Lipinski definition) is 4. The lowest BCUT2D eigenvalue weighted by atomic mass is 10.1. The van der Waals surface area contributed by atoms with Gasteiger partial charge in [-0.3, -0.25) is 13.8 Å². The van der Waals surface area contributed by atoms with Crippen LogP contribution >= 0.6 is 11.6 Å². The smallest absolute Gasteiger partial charge is 0.296 e. The molecule has 0 aliphatic carbocycles. The van der Waals surface area contributed by atoms with Gasteiger partial charge in [0, 0.05) is 5.02 Å². The van der Waals surface area contributed by atoms with E-state index in [9.17, 15) is 39.5 Å². The highest BCUT2D eigenvalue weighted by atomic mass is 35.5. The third-order valence-electron chi connectivity index (χ3n) is 6.74. The Balaban J connectivity index is 1.71. The normalized spacial score (nSPS) is 12.4. The second-order valence-electron chi connectivity index (χ2n) is 10.1. The second-order valence-corrected chi connectivity index (χ2v) is 15.0. The van der Waals surface area contributed by atoms with Gasteiger partial charge in [0.2, 0.25) is 0 Å². The predicted molar refractivity (Wildman–Crippen MR) is 176 cm³/mol. The molecule has 4 N–H and O–H groups in total. The number of nitrogens with one attached hydrogen (secondary N) is 1. The van der Waals surface area contributed by atoms with Crippen molar-refractivity contribution in [2.75, 3.05) is 11.8 Å². The van der Waals surface area contributed by atoms with Crippen molar-refractivity contribution in [2.45, 2.75) is 21.6 Å². The minimum atomic E-state index is -5.20. The first kappa shape index (κ1) is 34.6. The topological polar surface area (TPSA) is 218 Å². The molecule has 0 saturated carbocycles. The lowest BCUT2D eigenvalue weighted by molar-refractivity contribution is 0.413. The third-order valence-corrected chi connectivity index (χ3v) is 10.1. The largest absolute Gasteiger partial charge is 0.505 e. The molecular formula is C30H24ClN3O11S3. The van der Waals surface area contributed by atoms with Gasteiger partial charge in [0.15, 0.2) is 11.5 Å². The zero-order chi connectivity index (χ0) is 35.0.